The third-order valence-corrected chi connectivity index (χ3v) is 3.84. The van der Waals surface area contributed by atoms with E-state index < -0.39 is 0 Å². The summed E-state index contributed by atoms with van der Waals surface area (Å²) in [6, 6.07) is 8.93. The predicted octanol–water partition coefficient (Wildman–Crippen LogP) is 4.02. The zero-order valence-corrected chi connectivity index (χ0v) is 13.0. The smallest absolute Gasteiger partial charge is 0.227 e. The molecule has 1 amide bonds. The quantitative estimate of drug-likeness (QED) is 0.765. The van der Waals surface area contributed by atoms with Crippen LogP contribution in [0.25, 0.3) is 11.4 Å². The van der Waals surface area contributed by atoms with Crippen molar-refractivity contribution in [1.82, 2.24) is 10.1 Å². The van der Waals surface area contributed by atoms with Crippen LogP contribution in [0, 0.1) is 0 Å². The summed E-state index contributed by atoms with van der Waals surface area (Å²) in [6.45, 7) is 0. The van der Waals surface area contributed by atoms with Crippen LogP contribution in [-0.4, -0.2) is 16.0 Å². The summed E-state index contributed by atoms with van der Waals surface area (Å²) in [4.78, 5) is 16.2. The van der Waals surface area contributed by atoms with E-state index in [4.69, 9.17) is 16.1 Å². The molecule has 0 saturated heterocycles. The first kappa shape index (κ1) is 14.7. The molecule has 1 N–H and O–H groups in total. The van der Waals surface area contributed by atoms with Crippen LogP contribution in [0.15, 0.2) is 45.6 Å². The SMILES string of the molecule is O=C(CCc1nc(-c2ccsc2)no1)Nc1cccc(Cl)c1. The number of carbonyl (C=O) groups excluding carboxylic acids is 1. The molecule has 0 atom stereocenters. The Hall–Kier alpha value is -2.18. The van der Waals surface area contributed by atoms with E-state index in [0.717, 1.165) is 5.56 Å². The van der Waals surface area contributed by atoms with E-state index in [0.29, 0.717) is 28.8 Å². The van der Waals surface area contributed by atoms with Crippen molar-refractivity contribution in [1.29, 1.82) is 0 Å². The molecule has 0 aliphatic rings. The summed E-state index contributed by atoms with van der Waals surface area (Å²) in [5.41, 5.74) is 1.59. The first-order chi connectivity index (χ1) is 10.7. The Kier molecular flexibility index (Phi) is 4.50. The molecule has 0 aliphatic carbocycles. The van der Waals surface area contributed by atoms with Gasteiger partial charge in [-0.3, -0.25) is 4.79 Å². The molecule has 0 bridgehead atoms. The first-order valence-electron chi connectivity index (χ1n) is 6.61. The van der Waals surface area contributed by atoms with Crippen LogP contribution in [0.4, 0.5) is 5.69 Å². The number of benzene rings is 1. The van der Waals surface area contributed by atoms with E-state index >= 15 is 0 Å². The lowest BCUT2D eigenvalue weighted by Crippen LogP contribution is -2.12. The normalized spacial score (nSPS) is 10.6. The van der Waals surface area contributed by atoms with Crippen LogP contribution in [0.3, 0.4) is 0 Å². The number of aryl methyl sites for hydroxylation is 1. The molecule has 0 fully saturated rings. The fourth-order valence-electron chi connectivity index (χ4n) is 1.88. The van der Waals surface area contributed by atoms with Crippen molar-refractivity contribution in [3.05, 3.63) is 52.0 Å². The number of thiophene rings is 1. The summed E-state index contributed by atoms with van der Waals surface area (Å²) < 4.78 is 5.15. The number of anilines is 1. The van der Waals surface area contributed by atoms with Crippen molar-refractivity contribution < 1.29 is 9.32 Å². The van der Waals surface area contributed by atoms with Gasteiger partial charge < -0.3 is 9.84 Å². The van der Waals surface area contributed by atoms with Gasteiger partial charge in [0.2, 0.25) is 17.6 Å². The molecule has 0 aliphatic heterocycles. The van der Waals surface area contributed by atoms with Gasteiger partial charge in [0.1, 0.15) is 0 Å². The molecule has 3 rings (SSSR count). The monoisotopic (exact) mass is 333 g/mol. The van der Waals surface area contributed by atoms with Gasteiger partial charge in [0.15, 0.2) is 0 Å². The molecule has 112 valence electrons. The van der Waals surface area contributed by atoms with Crippen molar-refractivity contribution in [2.45, 2.75) is 12.8 Å². The van der Waals surface area contributed by atoms with Crippen LogP contribution in [0.1, 0.15) is 12.3 Å². The third kappa shape index (κ3) is 3.72. The van der Waals surface area contributed by atoms with Crippen LogP contribution in [0.2, 0.25) is 5.02 Å². The number of amides is 1. The Balaban J connectivity index is 1.55. The first-order valence-corrected chi connectivity index (χ1v) is 7.93. The number of halogens is 1. The lowest BCUT2D eigenvalue weighted by atomic mass is 10.2. The van der Waals surface area contributed by atoms with Crippen molar-refractivity contribution in [2.75, 3.05) is 5.32 Å². The molecule has 0 saturated carbocycles. The minimum absolute atomic E-state index is 0.127. The topological polar surface area (TPSA) is 68.0 Å². The molecule has 22 heavy (non-hydrogen) atoms. The van der Waals surface area contributed by atoms with Gasteiger partial charge in [-0.25, -0.2) is 0 Å². The van der Waals surface area contributed by atoms with Gasteiger partial charge in [0.25, 0.3) is 0 Å². The van der Waals surface area contributed by atoms with Crippen molar-refractivity contribution in [3.8, 4) is 11.4 Å². The summed E-state index contributed by atoms with van der Waals surface area (Å²) in [7, 11) is 0. The maximum atomic E-state index is 11.9. The van der Waals surface area contributed by atoms with Gasteiger partial charge in [-0.05, 0) is 29.6 Å². The molecule has 0 spiro atoms. The molecule has 2 heterocycles. The number of hydrogen-bond donors (Lipinski definition) is 1. The summed E-state index contributed by atoms with van der Waals surface area (Å²) in [5, 5.41) is 11.2. The zero-order valence-electron chi connectivity index (χ0n) is 11.5. The molecule has 0 radical (unpaired) electrons. The second kappa shape index (κ2) is 6.72. The van der Waals surface area contributed by atoms with E-state index in [9.17, 15) is 4.79 Å². The summed E-state index contributed by atoms with van der Waals surface area (Å²) >= 11 is 7.44. The highest BCUT2D eigenvalue weighted by Crippen LogP contribution is 2.19. The lowest BCUT2D eigenvalue weighted by Gasteiger charge is -2.04. The van der Waals surface area contributed by atoms with Crippen molar-refractivity contribution in [3.63, 3.8) is 0 Å². The Labute approximate surface area is 135 Å². The van der Waals surface area contributed by atoms with Crippen LogP contribution in [0.5, 0.6) is 0 Å². The largest absolute Gasteiger partial charge is 0.339 e. The number of nitrogens with zero attached hydrogens (tertiary/aromatic N) is 2. The number of nitrogens with one attached hydrogen (secondary N) is 1. The molecule has 5 nitrogen and oxygen atoms in total. The lowest BCUT2D eigenvalue weighted by molar-refractivity contribution is -0.116. The molecule has 3 aromatic rings. The average Bonchev–Trinajstić information content (AvgIpc) is 3.16. The Morgan fingerprint density at radius 3 is 3.05 bits per heavy atom. The van der Waals surface area contributed by atoms with Crippen molar-refractivity contribution in [2.24, 2.45) is 0 Å². The molecule has 7 heteroatoms. The average molecular weight is 334 g/mol. The van der Waals surface area contributed by atoms with Gasteiger partial charge in [-0.1, -0.05) is 22.8 Å². The highest BCUT2D eigenvalue weighted by Gasteiger charge is 2.11. The summed E-state index contributed by atoms with van der Waals surface area (Å²) in [5.74, 6) is 0.867. The standard InChI is InChI=1S/C15H12ClN3O2S/c16-11-2-1-3-12(8-11)17-13(20)4-5-14-18-15(19-21-14)10-6-7-22-9-10/h1-3,6-9H,4-5H2,(H,17,20). The van der Waals surface area contributed by atoms with E-state index in [1.165, 1.54) is 0 Å². The van der Waals surface area contributed by atoms with Gasteiger partial charge >= 0.3 is 0 Å². The van der Waals surface area contributed by atoms with E-state index in [1.807, 2.05) is 16.8 Å². The molecular weight excluding hydrogens is 322 g/mol. The van der Waals surface area contributed by atoms with Crippen molar-refractivity contribution >= 4 is 34.5 Å². The van der Waals surface area contributed by atoms with E-state index in [-0.39, 0.29) is 12.3 Å². The number of hydrogen-bond acceptors (Lipinski definition) is 5. The maximum Gasteiger partial charge on any atom is 0.227 e. The number of rotatable bonds is 5. The number of carbonyl (C=O) groups is 1. The van der Waals surface area contributed by atoms with Gasteiger partial charge in [-0.15, -0.1) is 0 Å². The third-order valence-electron chi connectivity index (χ3n) is 2.92. The highest BCUT2D eigenvalue weighted by molar-refractivity contribution is 7.08. The van der Waals surface area contributed by atoms with Crippen LogP contribution in [-0.2, 0) is 11.2 Å². The molecule has 0 unspecified atom stereocenters. The second-order valence-corrected chi connectivity index (χ2v) is 5.80. The van der Waals surface area contributed by atoms with E-state index in [2.05, 4.69) is 15.5 Å². The second-order valence-electron chi connectivity index (χ2n) is 4.58. The fraction of sp³-hybridized carbons (Fsp3) is 0.133. The predicted molar refractivity (Wildman–Crippen MR) is 86.0 cm³/mol. The molecule has 1 aromatic carbocycles. The van der Waals surface area contributed by atoms with Gasteiger partial charge in [0, 0.05) is 34.5 Å². The maximum absolute atomic E-state index is 11.9. The molecular formula is C15H12ClN3O2S. The minimum atomic E-state index is -0.127. The highest BCUT2D eigenvalue weighted by atomic mass is 35.5. The van der Waals surface area contributed by atoms with E-state index in [1.54, 1.807) is 35.6 Å². The zero-order chi connectivity index (χ0) is 15.4. The summed E-state index contributed by atoms with van der Waals surface area (Å²) in [6.07, 6.45) is 0.654. The van der Waals surface area contributed by atoms with Gasteiger partial charge in [0.05, 0.1) is 0 Å². The minimum Gasteiger partial charge on any atom is -0.339 e. The Bertz CT molecular complexity index is 771. The number of aromatic nitrogens is 2. The Morgan fingerprint density at radius 1 is 1.36 bits per heavy atom. The fourth-order valence-corrected chi connectivity index (χ4v) is 2.70. The Morgan fingerprint density at radius 2 is 2.27 bits per heavy atom. The van der Waals surface area contributed by atoms with Crippen LogP contribution >= 0.6 is 22.9 Å². The molecule has 2 aromatic heterocycles. The van der Waals surface area contributed by atoms with Crippen LogP contribution < -0.4 is 5.32 Å². The van der Waals surface area contributed by atoms with Gasteiger partial charge in [-0.2, -0.15) is 16.3 Å².